The topological polar surface area (TPSA) is 52.7 Å². The Morgan fingerprint density at radius 3 is 2.05 bits per heavy atom. The molecule has 19 heavy (non-hydrogen) atoms. The highest BCUT2D eigenvalue weighted by molar-refractivity contribution is 5.85. The summed E-state index contributed by atoms with van der Waals surface area (Å²) in [6.45, 7) is 11.2. The van der Waals surface area contributed by atoms with Crippen LogP contribution < -0.4 is 5.32 Å². The predicted molar refractivity (Wildman–Crippen MR) is 80.1 cm³/mol. The van der Waals surface area contributed by atoms with Gasteiger partial charge >= 0.3 is 0 Å². The lowest BCUT2D eigenvalue weighted by Crippen LogP contribution is -2.43. The fourth-order valence-electron chi connectivity index (χ4n) is 1.48. The van der Waals surface area contributed by atoms with Crippen LogP contribution in [0.5, 0.6) is 0 Å². The van der Waals surface area contributed by atoms with Crippen LogP contribution in [0, 0.1) is 0 Å². The van der Waals surface area contributed by atoms with Gasteiger partial charge in [0.1, 0.15) is 0 Å². The first kappa shape index (κ1) is 20.2. The molecule has 0 aliphatic rings. The molecule has 0 rings (SSSR count). The second-order valence-corrected chi connectivity index (χ2v) is 4.71. The van der Waals surface area contributed by atoms with E-state index < -0.39 is 0 Å². The van der Waals surface area contributed by atoms with Crippen LogP contribution in [0.25, 0.3) is 0 Å². The summed E-state index contributed by atoms with van der Waals surface area (Å²) in [7, 11) is 3.56. The second kappa shape index (κ2) is 12.0. The third-order valence-corrected chi connectivity index (χ3v) is 2.27. The quantitative estimate of drug-likeness (QED) is 0.761. The van der Waals surface area contributed by atoms with Crippen LogP contribution in [0.1, 0.15) is 41.0 Å². The van der Waals surface area contributed by atoms with Crippen molar-refractivity contribution in [1.29, 1.82) is 0 Å². The van der Waals surface area contributed by atoms with E-state index in [-0.39, 0.29) is 24.4 Å². The summed E-state index contributed by atoms with van der Waals surface area (Å²) in [5, 5.41) is 2.76. The van der Waals surface area contributed by atoms with E-state index in [1.807, 2.05) is 39.6 Å². The summed E-state index contributed by atoms with van der Waals surface area (Å²) >= 11 is 0. The molecule has 0 saturated heterocycles. The lowest BCUT2D eigenvalue weighted by atomic mass is 10.3. The number of hydrogen-bond donors (Lipinski definition) is 1. The van der Waals surface area contributed by atoms with E-state index in [0.29, 0.717) is 6.54 Å². The SMILES string of the molecule is CC.CCCN(C)CC(=O)N(C)CC(=O)NC(C)C. The molecule has 0 aromatic rings. The van der Waals surface area contributed by atoms with E-state index in [1.54, 1.807) is 7.05 Å². The van der Waals surface area contributed by atoms with Crippen LogP contribution >= 0.6 is 0 Å². The number of amides is 2. The summed E-state index contributed by atoms with van der Waals surface area (Å²) in [5.74, 6) is -0.145. The number of nitrogens with zero attached hydrogens (tertiary/aromatic N) is 2. The van der Waals surface area contributed by atoms with E-state index >= 15 is 0 Å². The average molecular weight is 273 g/mol. The summed E-state index contributed by atoms with van der Waals surface area (Å²) in [6, 6.07) is 0.105. The third kappa shape index (κ3) is 11.7. The molecule has 0 fully saturated rings. The number of carbonyl (C=O) groups is 2. The first-order valence-corrected chi connectivity index (χ1v) is 7.08. The third-order valence-electron chi connectivity index (χ3n) is 2.27. The molecule has 0 aromatic carbocycles. The Bertz CT molecular complexity index is 255. The van der Waals surface area contributed by atoms with Gasteiger partial charge in [0, 0.05) is 13.1 Å². The minimum absolute atomic E-state index is 0.0279. The summed E-state index contributed by atoms with van der Waals surface area (Å²) in [5.41, 5.74) is 0. The van der Waals surface area contributed by atoms with Gasteiger partial charge in [0.15, 0.2) is 0 Å². The van der Waals surface area contributed by atoms with Gasteiger partial charge in [-0.05, 0) is 33.9 Å². The zero-order valence-electron chi connectivity index (χ0n) is 13.6. The van der Waals surface area contributed by atoms with Crippen molar-refractivity contribution in [3.63, 3.8) is 0 Å². The van der Waals surface area contributed by atoms with Crippen LogP contribution in [0.4, 0.5) is 0 Å². The maximum absolute atomic E-state index is 11.8. The van der Waals surface area contributed by atoms with E-state index in [1.165, 1.54) is 4.90 Å². The number of nitrogens with one attached hydrogen (secondary N) is 1. The standard InChI is InChI=1S/C12H25N3O2.C2H6/c1-6-7-14(4)9-12(17)15(5)8-11(16)13-10(2)3;1-2/h10H,6-9H2,1-5H3,(H,13,16);1-2H3. The van der Waals surface area contributed by atoms with E-state index in [0.717, 1.165) is 13.0 Å². The Morgan fingerprint density at radius 1 is 1.11 bits per heavy atom. The molecule has 5 heteroatoms. The van der Waals surface area contributed by atoms with Gasteiger partial charge in [-0.15, -0.1) is 0 Å². The van der Waals surface area contributed by atoms with Crippen molar-refractivity contribution in [1.82, 2.24) is 15.1 Å². The molecule has 0 saturated carbocycles. The number of likely N-dealkylation sites (N-methyl/N-ethyl adjacent to an activating group) is 2. The van der Waals surface area contributed by atoms with E-state index in [9.17, 15) is 9.59 Å². The molecule has 0 aliphatic heterocycles. The van der Waals surface area contributed by atoms with E-state index in [2.05, 4.69) is 12.2 Å². The smallest absolute Gasteiger partial charge is 0.239 e. The van der Waals surface area contributed by atoms with Crippen LogP contribution in [0.15, 0.2) is 0 Å². The Balaban J connectivity index is 0. The van der Waals surface area contributed by atoms with Crippen LogP contribution in [-0.2, 0) is 9.59 Å². The number of hydrogen-bond acceptors (Lipinski definition) is 3. The first-order valence-electron chi connectivity index (χ1n) is 7.08. The predicted octanol–water partition coefficient (Wildman–Crippen LogP) is 1.34. The normalized spacial score (nSPS) is 9.95. The van der Waals surface area contributed by atoms with Gasteiger partial charge in [-0.2, -0.15) is 0 Å². The van der Waals surface area contributed by atoms with Crippen LogP contribution in [-0.4, -0.2) is 61.4 Å². The molecular weight excluding hydrogens is 242 g/mol. The van der Waals surface area contributed by atoms with Crippen molar-refractivity contribution in [3.8, 4) is 0 Å². The molecule has 0 atom stereocenters. The minimum atomic E-state index is -0.117. The van der Waals surface area contributed by atoms with Crippen molar-refractivity contribution >= 4 is 11.8 Å². The fourth-order valence-corrected chi connectivity index (χ4v) is 1.48. The van der Waals surface area contributed by atoms with Gasteiger partial charge < -0.3 is 10.2 Å². The largest absolute Gasteiger partial charge is 0.352 e. The summed E-state index contributed by atoms with van der Waals surface area (Å²) in [4.78, 5) is 26.6. The molecule has 0 radical (unpaired) electrons. The Hall–Kier alpha value is -1.10. The Morgan fingerprint density at radius 2 is 1.63 bits per heavy atom. The van der Waals surface area contributed by atoms with Gasteiger partial charge in [-0.25, -0.2) is 0 Å². The molecule has 0 unspecified atom stereocenters. The number of rotatable bonds is 7. The highest BCUT2D eigenvalue weighted by Gasteiger charge is 2.14. The van der Waals surface area contributed by atoms with Gasteiger partial charge in [0.25, 0.3) is 0 Å². The van der Waals surface area contributed by atoms with Crippen molar-refractivity contribution in [2.75, 3.05) is 33.7 Å². The summed E-state index contributed by atoms with van der Waals surface area (Å²) < 4.78 is 0. The summed E-state index contributed by atoms with van der Waals surface area (Å²) in [6.07, 6.45) is 1.02. The van der Waals surface area contributed by atoms with Gasteiger partial charge in [0.2, 0.25) is 11.8 Å². The van der Waals surface area contributed by atoms with Crippen molar-refractivity contribution < 1.29 is 9.59 Å². The minimum Gasteiger partial charge on any atom is -0.352 e. The highest BCUT2D eigenvalue weighted by atomic mass is 16.2. The average Bonchev–Trinajstić information content (AvgIpc) is 2.30. The van der Waals surface area contributed by atoms with Crippen molar-refractivity contribution in [2.45, 2.75) is 47.1 Å². The molecule has 114 valence electrons. The molecular formula is C14H31N3O2. The zero-order chi connectivity index (χ0) is 15.4. The van der Waals surface area contributed by atoms with Gasteiger partial charge in [0.05, 0.1) is 13.1 Å². The molecule has 1 N–H and O–H groups in total. The highest BCUT2D eigenvalue weighted by Crippen LogP contribution is 1.91. The zero-order valence-corrected chi connectivity index (χ0v) is 13.6. The van der Waals surface area contributed by atoms with Gasteiger partial charge in [-0.3, -0.25) is 14.5 Å². The lowest BCUT2D eigenvalue weighted by molar-refractivity contribution is -0.135. The Kier molecular flexibility index (Phi) is 12.7. The molecule has 5 nitrogen and oxygen atoms in total. The molecule has 0 bridgehead atoms. The molecule has 0 heterocycles. The maximum Gasteiger partial charge on any atom is 0.239 e. The molecule has 0 aliphatic carbocycles. The van der Waals surface area contributed by atoms with Crippen molar-refractivity contribution in [3.05, 3.63) is 0 Å². The van der Waals surface area contributed by atoms with Crippen molar-refractivity contribution in [2.24, 2.45) is 0 Å². The van der Waals surface area contributed by atoms with Gasteiger partial charge in [-0.1, -0.05) is 20.8 Å². The van der Waals surface area contributed by atoms with E-state index in [4.69, 9.17) is 0 Å². The fraction of sp³-hybridized carbons (Fsp3) is 0.857. The Labute approximate surface area is 118 Å². The molecule has 0 spiro atoms. The first-order chi connectivity index (χ1) is 8.86. The molecule has 2 amide bonds. The molecule has 0 aromatic heterocycles. The van der Waals surface area contributed by atoms with Crippen LogP contribution in [0.3, 0.4) is 0 Å². The maximum atomic E-state index is 11.8. The second-order valence-electron chi connectivity index (χ2n) is 4.71. The monoisotopic (exact) mass is 273 g/mol. The van der Waals surface area contributed by atoms with Crippen LogP contribution in [0.2, 0.25) is 0 Å². The number of carbonyl (C=O) groups excluding carboxylic acids is 2. The lowest BCUT2D eigenvalue weighted by Gasteiger charge is -2.21.